The molecule has 1 aromatic carbocycles. The Labute approximate surface area is 144 Å². The van der Waals surface area contributed by atoms with E-state index >= 15 is 0 Å². The van der Waals surface area contributed by atoms with Gasteiger partial charge in [0, 0.05) is 24.8 Å². The van der Waals surface area contributed by atoms with Crippen molar-refractivity contribution in [3.05, 3.63) is 24.3 Å². The standard InChI is InChI=1S/C17H25N3O2.ClH/c1-2-22-15-5-3-14(4-6-15)19-17(21)12-20-10-8-16-13(11-20)7-9-18-16;/h3-6,13,16,18H,2,7-12H2,1H3,(H,19,21);1H. The van der Waals surface area contributed by atoms with Gasteiger partial charge in [-0.15, -0.1) is 12.4 Å². The first-order chi connectivity index (χ1) is 10.7. The van der Waals surface area contributed by atoms with Crippen molar-refractivity contribution in [2.24, 2.45) is 5.92 Å². The fraction of sp³-hybridized carbons (Fsp3) is 0.588. The molecule has 0 bridgehead atoms. The number of nitrogens with one attached hydrogen (secondary N) is 2. The minimum absolute atomic E-state index is 0. The third-order valence-electron chi connectivity index (χ3n) is 4.56. The van der Waals surface area contributed by atoms with Crippen LogP contribution in [-0.2, 0) is 4.79 Å². The third-order valence-corrected chi connectivity index (χ3v) is 4.56. The van der Waals surface area contributed by atoms with Crippen LogP contribution in [0.15, 0.2) is 24.3 Å². The maximum atomic E-state index is 12.2. The molecule has 23 heavy (non-hydrogen) atoms. The predicted octanol–water partition coefficient (Wildman–Crippen LogP) is 2.13. The average molecular weight is 340 g/mol. The molecular formula is C17H26ClN3O2. The SMILES string of the molecule is CCOc1ccc(NC(=O)CN2CCC3NCCC3C2)cc1.Cl. The fourth-order valence-corrected chi connectivity index (χ4v) is 3.47. The Kier molecular flexibility index (Phi) is 6.69. The Morgan fingerprint density at radius 3 is 2.87 bits per heavy atom. The summed E-state index contributed by atoms with van der Waals surface area (Å²) in [5.41, 5.74) is 0.825. The molecule has 1 amide bonds. The van der Waals surface area contributed by atoms with Crippen molar-refractivity contribution >= 4 is 24.0 Å². The lowest BCUT2D eigenvalue weighted by molar-refractivity contribution is -0.117. The van der Waals surface area contributed by atoms with E-state index in [0.29, 0.717) is 25.1 Å². The lowest BCUT2D eigenvalue weighted by Gasteiger charge is -2.34. The number of halogens is 1. The van der Waals surface area contributed by atoms with Crippen molar-refractivity contribution in [1.29, 1.82) is 0 Å². The molecule has 2 atom stereocenters. The summed E-state index contributed by atoms with van der Waals surface area (Å²) in [6.45, 7) is 6.26. The first-order valence-electron chi connectivity index (χ1n) is 8.23. The van der Waals surface area contributed by atoms with Gasteiger partial charge in [0.25, 0.3) is 0 Å². The summed E-state index contributed by atoms with van der Waals surface area (Å²) in [6.07, 6.45) is 2.39. The molecule has 128 valence electrons. The molecule has 0 spiro atoms. The molecule has 0 aliphatic carbocycles. The van der Waals surface area contributed by atoms with Crippen LogP contribution >= 0.6 is 12.4 Å². The molecule has 0 aromatic heterocycles. The zero-order chi connectivity index (χ0) is 15.4. The Hall–Kier alpha value is -1.30. The van der Waals surface area contributed by atoms with Crippen molar-refractivity contribution in [3.63, 3.8) is 0 Å². The van der Waals surface area contributed by atoms with Gasteiger partial charge in [-0.2, -0.15) is 0 Å². The average Bonchev–Trinajstić information content (AvgIpc) is 2.97. The van der Waals surface area contributed by atoms with Crippen LogP contribution in [0.3, 0.4) is 0 Å². The second kappa shape index (κ2) is 8.52. The maximum absolute atomic E-state index is 12.2. The molecule has 2 aliphatic heterocycles. The van der Waals surface area contributed by atoms with Gasteiger partial charge in [0.1, 0.15) is 5.75 Å². The highest BCUT2D eigenvalue weighted by Gasteiger charge is 2.32. The second-order valence-electron chi connectivity index (χ2n) is 6.14. The number of fused-ring (bicyclic) bond motifs is 1. The largest absolute Gasteiger partial charge is 0.494 e. The van der Waals surface area contributed by atoms with E-state index in [4.69, 9.17) is 4.74 Å². The van der Waals surface area contributed by atoms with Crippen LogP contribution in [0.2, 0.25) is 0 Å². The topological polar surface area (TPSA) is 53.6 Å². The highest BCUT2D eigenvalue weighted by molar-refractivity contribution is 5.92. The first-order valence-corrected chi connectivity index (χ1v) is 8.23. The van der Waals surface area contributed by atoms with Crippen LogP contribution in [-0.4, -0.2) is 49.6 Å². The third kappa shape index (κ3) is 4.83. The number of rotatable bonds is 5. The van der Waals surface area contributed by atoms with Crippen LogP contribution in [0.5, 0.6) is 5.75 Å². The molecular weight excluding hydrogens is 314 g/mol. The van der Waals surface area contributed by atoms with E-state index < -0.39 is 0 Å². The Bertz CT molecular complexity index is 509. The molecule has 0 saturated carbocycles. The number of hydrogen-bond donors (Lipinski definition) is 2. The zero-order valence-corrected chi connectivity index (χ0v) is 14.4. The summed E-state index contributed by atoms with van der Waals surface area (Å²) < 4.78 is 5.40. The summed E-state index contributed by atoms with van der Waals surface area (Å²) in [4.78, 5) is 14.5. The lowest BCUT2D eigenvalue weighted by Crippen LogP contribution is -2.46. The van der Waals surface area contributed by atoms with Gasteiger partial charge in [-0.1, -0.05) is 0 Å². The first kappa shape index (κ1) is 18.0. The molecule has 2 fully saturated rings. The van der Waals surface area contributed by atoms with Crippen molar-refractivity contribution < 1.29 is 9.53 Å². The van der Waals surface area contributed by atoms with Crippen LogP contribution in [0.1, 0.15) is 19.8 Å². The minimum atomic E-state index is 0. The van der Waals surface area contributed by atoms with Crippen LogP contribution in [0, 0.1) is 5.92 Å². The van der Waals surface area contributed by atoms with E-state index in [1.54, 1.807) is 0 Å². The molecule has 1 aromatic rings. The quantitative estimate of drug-likeness (QED) is 0.863. The van der Waals surface area contributed by atoms with Crippen molar-refractivity contribution in [2.45, 2.75) is 25.8 Å². The van der Waals surface area contributed by atoms with Gasteiger partial charge < -0.3 is 15.4 Å². The number of amides is 1. The number of piperidine rings is 1. The summed E-state index contributed by atoms with van der Waals surface area (Å²) in [5.74, 6) is 1.61. The number of ether oxygens (including phenoxy) is 1. The molecule has 2 heterocycles. The fourth-order valence-electron chi connectivity index (χ4n) is 3.47. The normalized spacial score (nSPS) is 23.7. The summed E-state index contributed by atoms with van der Waals surface area (Å²) in [7, 11) is 0. The predicted molar refractivity (Wildman–Crippen MR) is 94.4 cm³/mol. The molecule has 0 radical (unpaired) electrons. The van der Waals surface area contributed by atoms with Crippen molar-refractivity contribution in [3.8, 4) is 5.75 Å². The van der Waals surface area contributed by atoms with Gasteiger partial charge in [0.2, 0.25) is 5.91 Å². The number of benzene rings is 1. The van der Waals surface area contributed by atoms with Crippen LogP contribution in [0.25, 0.3) is 0 Å². The zero-order valence-electron chi connectivity index (χ0n) is 13.6. The van der Waals surface area contributed by atoms with E-state index in [-0.39, 0.29) is 18.3 Å². The summed E-state index contributed by atoms with van der Waals surface area (Å²) >= 11 is 0. The molecule has 3 rings (SSSR count). The Morgan fingerprint density at radius 2 is 2.13 bits per heavy atom. The van der Waals surface area contributed by atoms with Gasteiger partial charge in [-0.05, 0) is 56.5 Å². The smallest absolute Gasteiger partial charge is 0.238 e. The number of carbonyl (C=O) groups excluding carboxylic acids is 1. The highest BCUT2D eigenvalue weighted by Crippen LogP contribution is 2.24. The van der Waals surface area contributed by atoms with Crippen LogP contribution in [0.4, 0.5) is 5.69 Å². The number of carbonyl (C=O) groups is 1. The summed E-state index contributed by atoms with van der Waals surface area (Å²) in [5, 5.41) is 6.52. The number of hydrogen-bond acceptors (Lipinski definition) is 4. The molecule has 2 aliphatic rings. The van der Waals surface area contributed by atoms with E-state index in [1.807, 2.05) is 31.2 Å². The van der Waals surface area contributed by atoms with E-state index in [1.165, 1.54) is 6.42 Å². The minimum Gasteiger partial charge on any atom is -0.494 e. The lowest BCUT2D eigenvalue weighted by atomic mass is 9.93. The highest BCUT2D eigenvalue weighted by atomic mass is 35.5. The monoisotopic (exact) mass is 339 g/mol. The van der Waals surface area contributed by atoms with E-state index in [9.17, 15) is 4.79 Å². The molecule has 6 heteroatoms. The van der Waals surface area contributed by atoms with Gasteiger partial charge in [0.15, 0.2) is 0 Å². The number of nitrogens with zero attached hydrogens (tertiary/aromatic N) is 1. The van der Waals surface area contributed by atoms with Gasteiger partial charge in [-0.3, -0.25) is 9.69 Å². The molecule has 2 N–H and O–H groups in total. The van der Waals surface area contributed by atoms with Gasteiger partial charge in [-0.25, -0.2) is 0 Å². The Balaban J connectivity index is 0.00000192. The summed E-state index contributed by atoms with van der Waals surface area (Å²) in [6, 6.07) is 8.21. The van der Waals surface area contributed by atoms with Crippen LogP contribution < -0.4 is 15.4 Å². The molecule has 2 saturated heterocycles. The molecule has 5 nitrogen and oxygen atoms in total. The second-order valence-corrected chi connectivity index (χ2v) is 6.14. The van der Waals surface area contributed by atoms with Gasteiger partial charge in [0.05, 0.1) is 13.2 Å². The van der Waals surface area contributed by atoms with Crippen molar-refractivity contribution in [1.82, 2.24) is 10.2 Å². The Morgan fingerprint density at radius 1 is 1.35 bits per heavy atom. The van der Waals surface area contributed by atoms with Crippen molar-refractivity contribution in [2.75, 3.05) is 38.1 Å². The maximum Gasteiger partial charge on any atom is 0.238 e. The number of likely N-dealkylation sites (tertiary alicyclic amines) is 1. The molecule has 2 unspecified atom stereocenters. The van der Waals surface area contributed by atoms with Gasteiger partial charge >= 0.3 is 0 Å². The van der Waals surface area contributed by atoms with E-state index in [2.05, 4.69) is 15.5 Å². The van der Waals surface area contributed by atoms with E-state index in [0.717, 1.165) is 37.5 Å². The number of anilines is 1.